The number of nitrogens with one attached hydrogen (secondary N) is 2. The fourth-order valence-corrected chi connectivity index (χ4v) is 1.36. The van der Waals surface area contributed by atoms with Gasteiger partial charge in [0.15, 0.2) is 0 Å². The number of hydrogen-bond donors (Lipinski definition) is 2. The van der Waals surface area contributed by atoms with Crippen LogP contribution in [0.15, 0.2) is 0 Å². The van der Waals surface area contributed by atoms with Crippen LogP contribution in [0.1, 0.15) is 13.8 Å². The second-order valence-electron chi connectivity index (χ2n) is 3.13. The van der Waals surface area contributed by atoms with Gasteiger partial charge in [0.1, 0.15) is 0 Å². The summed E-state index contributed by atoms with van der Waals surface area (Å²) in [7, 11) is 0. The molecule has 2 unspecified atom stereocenters. The van der Waals surface area contributed by atoms with Crippen LogP contribution in [0.5, 0.6) is 0 Å². The van der Waals surface area contributed by atoms with Gasteiger partial charge >= 0.3 is 0 Å². The van der Waals surface area contributed by atoms with Crippen LogP contribution in [0.4, 0.5) is 0 Å². The molecule has 2 atom stereocenters. The van der Waals surface area contributed by atoms with Crippen LogP contribution in [-0.2, 0) is 4.79 Å². The molecule has 0 saturated carbocycles. The molecule has 0 aliphatic carbocycles. The van der Waals surface area contributed by atoms with Gasteiger partial charge < -0.3 is 10.6 Å². The van der Waals surface area contributed by atoms with Crippen molar-refractivity contribution >= 4 is 5.91 Å². The van der Waals surface area contributed by atoms with E-state index in [9.17, 15) is 4.79 Å². The van der Waals surface area contributed by atoms with Crippen LogP contribution in [0, 0.1) is 12.3 Å². The van der Waals surface area contributed by atoms with E-state index < -0.39 is 0 Å². The molecule has 3 heteroatoms. The first kappa shape index (κ1) is 8.53. The fraction of sp³-hybridized carbons (Fsp3) is 0.750. The van der Waals surface area contributed by atoms with Crippen LogP contribution >= 0.6 is 0 Å². The van der Waals surface area contributed by atoms with Crippen LogP contribution in [0.25, 0.3) is 0 Å². The smallest absolute Gasteiger partial charge is 0.217 e. The normalized spacial score (nSPS) is 31.5. The maximum Gasteiger partial charge on any atom is 0.217 e. The van der Waals surface area contributed by atoms with Crippen molar-refractivity contribution in [2.45, 2.75) is 19.9 Å². The summed E-state index contributed by atoms with van der Waals surface area (Å²) in [6, 6.07) is 0.219. The molecule has 0 bridgehead atoms. The van der Waals surface area contributed by atoms with Crippen molar-refractivity contribution in [2.24, 2.45) is 5.92 Å². The minimum atomic E-state index is 0.0437. The molecule has 1 aliphatic rings. The maximum atomic E-state index is 10.7. The highest BCUT2D eigenvalue weighted by Crippen LogP contribution is 2.07. The van der Waals surface area contributed by atoms with E-state index in [-0.39, 0.29) is 11.9 Å². The van der Waals surface area contributed by atoms with E-state index >= 15 is 0 Å². The van der Waals surface area contributed by atoms with E-state index in [1.807, 2.05) is 0 Å². The molecule has 0 aromatic carbocycles. The Morgan fingerprint density at radius 1 is 1.64 bits per heavy atom. The van der Waals surface area contributed by atoms with Crippen molar-refractivity contribution in [1.82, 2.24) is 10.6 Å². The zero-order valence-corrected chi connectivity index (χ0v) is 7.05. The van der Waals surface area contributed by atoms with Gasteiger partial charge in [-0.25, -0.2) is 0 Å². The Bertz CT molecular complexity index is 147. The Balaban J connectivity index is 2.28. The highest BCUT2D eigenvalue weighted by Gasteiger charge is 2.18. The predicted octanol–water partition coefficient (Wildman–Crippen LogP) is -0.0653. The minimum Gasteiger partial charge on any atom is -0.352 e. The molecule has 2 N–H and O–H groups in total. The number of rotatable bonds is 1. The van der Waals surface area contributed by atoms with Crippen molar-refractivity contribution in [3.63, 3.8) is 0 Å². The number of carbonyl (C=O) groups excluding carboxylic acids is 1. The Morgan fingerprint density at radius 2 is 2.36 bits per heavy atom. The molecule has 63 valence electrons. The lowest BCUT2D eigenvalue weighted by Gasteiger charge is -2.27. The van der Waals surface area contributed by atoms with Crippen LogP contribution in [0.3, 0.4) is 0 Å². The van der Waals surface area contributed by atoms with Crippen molar-refractivity contribution < 1.29 is 4.79 Å². The fourth-order valence-electron chi connectivity index (χ4n) is 1.36. The molecule has 1 rings (SSSR count). The number of hydrogen-bond acceptors (Lipinski definition) is 2. The van der Waals surface area contributed by atoms with E-state index in [1.165, 1.54) is 0 Å². The molecule has 0 spiro atoms. The van der Waals surface area contributed by atoms with E-state index in [1.54, 1.807) is 6.92 Å². The van der Waals surface area contributed by atoms with E-state index in [2.05, 4.69) is 24.0 Å². The van der Waals surface area contributed by atoms with Crippen molar-refractivity contribution in [1.29, 1.82) is 0 Å². The Morgan fingerprint density at radius 3 is 2.91 bits per heavy atom. The number of amides is 1. The summed E-state index contributed by atoms with van der Waals surface area (Å²) in [5, 5.41) is 6.10. The van der Waals surface area contributed by atoms with Gasteiger partial charge in [0.25, 0.3) is 0 Å². The maximum absolute atomic E-state index is 10.7. The third-order valence-corrected chi connectivity index (χ3v) is 1.78. The zero-order chi connectivity index (χ0) is 8.27. The summed E-state index contributed by atoms with van der Waals surface area (Å²) in [6.07, 6.45) is 2.18. The lowest BCUT2D eigenvalue weighted by molar-refractivity contribution is -0.119. The molecule has 11 heavy (non-hydrogen) atoms. The van der Waals surface area contributed by atoms with E-state index in [0.29, 0.717) is 5.92 Å². The molecular formula is C8H15N2O. The van der Waals surface area contributed by atoms with Gasteiger partial charge in [-0.05, 0) is 18.9 Å². The molecule has 0 aromatic rings. The molecule has 3 nitrogen and oxygen atoms in total. The molecule has 1 heterocycles. The average Bonchev–Trinajstić information content (AvgIpc) is 1.85. The first-order chi connectivity index (χ1) is 5.18. The van der Waals surface area contributed by atoms with Gasteiger partial charge in [0, 0.05) is 19.5 Å². The second kappa shape index (κ2) is 3.72. The zero-order valence-electron chi connectivity index (χ0n) is 7.05. The molecule has 0 aromatic heterocycles. The largest absolute Gasteiger partial charge is 0.352 e. The monoisotopic (exact) mass is 155 g/mol. The van der Waals surface area contributed by atoms with Crippen LogP contribution in [-0.4, -0.2) is 25.0 Å². The Labute approximate surface area is 67.5 Å². The lowest BCUT2D eigenvalue weighted by Crippen LogP contribution is -2.48. The van der Waals surface area contributed by atoms with E-state index in [0.717, 1.165) is 13.1 Å². The predicted molar refractivity (Wildman–Crippen MR) is 43.9 cm³/mol. The third-order valence-electron chi connectivity index (χ3n) is 1.78. The van der Waals surface area contributed by atoms with Crippen LogP contribution < -0.4 is 10.6 Å². The van der Waals surface area contributed by atoms with Gasteiger partial charge in [0.2, 0.25) is 5.91 Å². The SMILES string of the molecule is CC(=O)NC1[CH]C(C)CNC1. The Hall–Kier alpha value is -0.570. The molecule has 1 aliphatic heterocycles. The summed E-state index contributed by atoms with van der Waals surface area (Å²) < 4.78 is 0. The molecule has 1 amide bonds. The van der Waals surface area contributed by atoms with Crippen molar-refractivity contribution in [3.05, 3.63) is 6.42 Å². The Kier molecular flexibility index (Phi) is 2.88. The summed E-state index contributed by atoms with van der Waals surface area (Å²) in [5.41, 5.74) is 0. The number of piperidine rings is 1. The summed E-state index contributed by atoms with van der Waals surface area (Å²) in [6.45, 7) is 5.58. The summed E-state index contributed by atoms with van der Waals surface area (Å²) >= 11 is 0. The molecule has 1 radical (unpaired) electrons. The summed E-state index contributed by atoms with van der Waals surface area (Å²) in [4.78, 5) is 10.7. The van der Waals surface area contributed by atoms with Crippen molar-refractivity contribution in [3.8, 4) is 0 Å². The van der Waals surface area contributed by atoms with Gasteiger partial charge in [-0.1, -0.05) is 6.92 Å². The van der Waals surface area contributed by atoms with E-state index in [4.69, 9.17) is 0 Å². The highest BCUT2D eigenvalue weighted by molar-refractivity contribution is 5.73. The quantitative estimate of drug-likeness (QED) is 0.557. The highest BCUT2D eigenvalue weighted by atomic mass is 16.1. The van der Waals surface area contributed by atoms with Gasteiger partial charge in [-0.3, -0.25) is 4.79 Å². The first-order valence-corrected chi connectivity index (χ1v) is 4.01. The minimum absolute atomic E-state index is 0.0437. The average molecular weight is 155 g/mol. The molecule has 1 fully saturated rings. The van der Waals surface area contributed by atoms with Crippen LogP contribution in [0.2, 0.25) is 0 Å². The first-order valence-electron chi connectivity index (χ1n) is 4.01. The third kappa shape index (κ3) is 2.89. The second-order valence-corrected chi connectivity index (χ2v) is 3.13. The van der Waals surface area contributed by atoms with Gasteiger partial charge in [0.05, 0.1) is 0 Å². The standard InChI is InChI=1S/C8H15N2O/c1-6-3-8(5-9-4-6)10-7(2)11/h3,6,8-9H,4-5H2,1-2H3,(H,10,11). The summed E-state index contributed by atoms with van der Waals surface area (Å²) in [5.74, 6) is 0.600. The van der Waals surface area contributed by atoms with Gasteiger partial charge in [-0.2, -0.15) is 0 Å². The molecule has 1 saturated heterocycles. The topological polar surface area (TPSA) is 41.1 Å². The molecular weight excluding hydrogens is 140 g/mol. The lowest BCUT2D eigenvalue weighted by atomic mass is 9.98. The van der Waals surface area contributed by atoms with Gasteiger partial charge in [-0.15, -0.1) is 0 Å². The van der Waals surface area contributed by atoms with Crippen molar-refractivity contribution in [2.75, 3.05) is 13.1 Å². The number of carbonyl (C=O) groups is 1.